The van der Waals surface area contributed by atoms with Crippen LogP contribution < -0.4 is 15.0 Å². The molecule has 29 heavy (non-hydrogen) atoms. The van der Waals surface area contributed by atoms with Gasteiger partial charge in [-0.1, -0.05) is 30.3 Å². The summed E-state index contributed by atoms with van der Waals surface area (Å²) in [6.45, 7) is 5.23. The molecule has 6 nitrogen and oxygen atoms in total. The van der Waals surface area contributed by atoms with Crippen LogP contribution in [0.25, 0.3) is 0 Å². The summed E-state index contributed by atoms with van der Waals surface area (Å²) >= 11 is 0. The van der Waals surface area contributed by atoms with E-state index in [1.807, 2.05) is 30.3 Å². The van der Waals surface area contributed by atoms with Crippen LogP contribution in [0, 0.1) is 0 Å². The highest BCUT2D eigenvalue weighted by Gasteiger charge is 2.52. The third-order valence-corrected chi connectivity index (χ3v) is 6.53. The second-order valence-corrected chi connectivity index (χ2v) is 8.18. The van der Waals surface area contributed by atoms with Crippen LogP contribution in [-0.4, -0.2) is 63.4 Å². The van der Waals surface area contributed by atoms with Crippen molar-refractivity contribution in [1.29, 1.82) is 0 Å². The molecule has 152 valence electrons. The molecule has 3 aliphatic rings. The fraction of sp³-hybridized carbons (Fsp3) is 0.435. The largest absolute Gasteiger partial charge is 0.495 e. The Morgan fingerprint density at radius 2 is 1.86 bits per heavy atom. The summed E-state index contributed by atoms with van der Waals surface area (Å²) in [5.41, 5.74) is 2.67. The normalized spacial score (nSPS) is 26.6. The number of para-hydroxylation sites is 3. The van der Waals surface area contributed by atoms with Crippen molar-refractivity contribution in [2.75, 3.05) is 56.7 Å². The number of hydrogen-bond donors (Lipinski definition) is 1. The maximum Gasteiger partial charge on any atom is 0.237 e. The van der Waals surface area contributed by atoms with Crippen LogP contribution >= 0.6 is 0 Å². The van der Waals surface area contributed by atoms with E-state index >= 15 is 0 Å². The number of amides is 1. The molecule has 3 aliphatic heterocycles. The van der Waals surface area contributed by atoms with Gasteiger partial charge in [-0.2, -0.15) is 0 Å². The Morgan fingerprint density at radius 3 is 2.69 bits per heavy atom. The lowest BCUT2D eigenvalue weighted by Crippen LogP contribution is -2.48. The van der Waals surface area contributed by atoms with Gasteiger partial charge in [-0.15, -0.1) is 0 Å². The zero-order valence-corrected chi connectivity index (χ0v) is 16.8. The summed E-state index contributed by atoms with van der Waals surface area (Å²) < 4.78 is 11.6. The van der Waals surface area contributed by atoms with Crippen LogP contribution in [0.15, 0.2) is 48.5 Å². The number of methoxy groups -OCH3 is 1. The lowest BCUT2D eigenvalue weighted by molar-refractivity contribution is -0.120. The SMILES string of the molecule is COc1ccccc1N1CCN(CC2CC3(CO2)C(=O)Nc2ccccc23)CC1. The maximum atomic E-state index is 12.7. The van der Waals surface area contributed by atoms with E-state index in [4.69, 9.17) is 9.47 Å². The molecule has 2 aromatic carbocycles. The molecule has 2 saturated heterocycles. The van der Waals surface area contributed by atoms with E-state index in [9.17, 15) is 4.79 Å². The zero-order valence-electron chi connectivity index (χ0n) is 16.8. The zero-order chi connectivity index (χ0) is 19.8. The molecule has 5 rings (SSSR count). The van der Waals surface area contributed by atoms with E-state index in [-0.39, 0.29) is 12.0 Å². The number of nitrogens with one attached hydrogen (secondary N) is 1. The average Bonchev–Trinajstić information content (AvgIpc) is 3.31. The molecule has 2 unspecified atom stereocenters. The molecule has 2 aromatic rings. The summed E-state index contributed by atoms with van der Waals surface area (Å²) in [5.74, 6) is 1.01. The second kappa shape index (κ2) is 7.35. The molecule has 1 N–H and O–H groups in total. The highest BCUT2D eigenvalue weighted by atomic mass is 16.5. The van der Waals surface area contributed by atoms with Gasteiger partial charge in [-0.05, 0) is 30.2 Å². The van der Waals surface area contributed by atoms with Crippen molar-refractivity contribution >= 4 is 17.3 Å². The Balaban J connectivity index is 1.21. The van der Waals surface area contributed by atoms with Gasteiger partial charge in [0.1, 0.15) is 11.2 Å². The van der Waals surface area contributed by atoms with E-state index in [2.05, 4.69) is 33.3 Å². The minimum Gasteiger partial charge on any atom is -0.495 e. The van der Waals surface area contributed by atoms with Crippen molar-refractivity contribution in [2.24, 2.45) is 0 Å². The Bertz CT molecular complexity index is 910. The fourth-order valence-electron chi connectivity index (χ4n) is 4.95. The number of carbonyl (C=O) groups is 1. The number of nitrogens with zero attached hydrogens (tertiary/aromatic N) is 2. The molecule has 1 amide bonds. The van der Waals surface area contributed by atoms with Gasteiger partial charge in [-0.3, -0.25) is 9.69 Å². The number of fused-ring (bicyclic) bond motifs is 2. The van der Waals surface area contributed by atoms with Crippen molar-refractivity contribution in [3.8, 4) is 5.75 Å². The molecular weight excluding hydrogens is 366 g/mol. The van der Waals surface area contributed by atoms with Gasteiger partial charge in [0.15, 0.2) is 0 Å². The fourth-order valence-corrected chi connectivity index (χ4v) is 4.95. The first-order valence-electron chi connectivity index (χ1n) is 10.3. The predicted molar refractivity (Wildman–Crippen MR) is 113 cm³/mol. The number of ether oxygens (including phenoxy) is 2. The van der Waals surface area contributed by atoms with E-state index in [1.165, 1.54) is 0 Å². The van der Waals surface area contributed by atoms with Gasteiger partial charge >= 0.3 is 0 Å². The molecule has 2 atom stereocenters. The Morgan fingerprint density at radius 1 is 1.10 bits per heavy atom. The van der Waals surface area contributed by atoms with Crippen LogP contribution in [0.5, 0.6) is 5.75 Å². The first-order valence-corrected chi connectivity index (χ1v) is 10.3. The average molecular weight is 393 g/mol. The van der Waals surface area contributed by atoms with Crippen molar-refractivity contribution in [3.63, 3.8) is 0 Å². The minimum atomic E-state index is -0.513. The Hall–Kier alpha value is -2.57. The quantitative estimate of drug-likeness (QED) is 0.865. The topological polar surface area (TPSA) is 54.0 Å². The van der Waals surface area contributed by atoms with Crippen LogP contribution in [0.3, 0.4) is 0 Å². The number of anilines is 2. The third kappa shape index (κ3) is 3.16. The third-order valence-electron chi connectivity index (χ3n) is 6.53. The van der Waals surface area contributed by atoms with Gasteiger partial charge in [0.25, 0.3) is 0 Å². The predicted octanol–water partition coefficient (Wildman–Crippen LogP) is 2.50. The van der Waals surface area contributed by atoms with Crippen molar-refractivity contribution in [2.45, 2.75) is 17.9 Å². The molecule has 0 bridgehead atoms. The maximum absolute atomic E-state index is 12.7. The van der Waals surface area contributed by atoms with Gasteiger partial charge < -0.3 is 19.7 Å². The molecule has 0 radical (unpaired) electrons. The van der Waals surface area contributed by atoms with Crippen molar-refractivity contribution in [1.82, 2.24) is 4.90 Å². The van der Waals surface area contributed by atoms with Gasteiger partial charge in [0, 0.05) is 38.4 Å². The highest BCUT2D eigenvalue weighted by molar-refractivity contribution is 6.06. The van der Waals surface area contributed by atoms with Gasteiger partial charge in [0.2, 0.25) is 5.91 Å². The van der Waals surface area contributed by atoms with Crippen LogP contribution in [0.4, 0.5) is 11.4 Å². The highest BCUT2D eigenvalue weighted by Crippen LogP contribution is 2.45. The van der Waals surface area contributed by atoms with Gasteiger partial charge in [0.05, 0.1) is 25.5 Å². The first-order chi connectivity index (χ1) is 14.2. The Kier molecular flexibility index (Phi) is 4.68. The number of rotatable bonds is 4. The molecule has 3 heterocycles. The summed E-state index contributed by atoms with van der Waals surface area (Å²) in [7, 11) is 1.72. The number of hydrogen-bond acceptors (Lipinski definition) is 5. The second-order valence-electron chi connectivity index (χ2n) is 8.18. The smallest absolute Gasteiger partial charge is 0.237 e. The van der Waals surface area contributed by atoms with Crippen molar-refractivity contribution in [3.05, 3.63) is 54.1 Å². The van der Waals surface area contributed by atoms with E-state index in [0.717, 1.165) is 61.8 Å². The molecule has 0 aliphatic carbocycles. The van der Waals surface area contributed by atoms with Crippen LogP contribution in [0.2, 0.25) is 0 Å². The standard InChI is InChI=1S/C23H27N3O3/c1-28-21-9-5-4-8-20(21)26-12-10-25(11-13-26)15-17-14-23(16-29-17)18-6-2-3-7-19(18)24-22(23)27/h2-9,17H,10-16H2,1H3,(H,24,27). The van der Waals surface area contributed by atoms with Crippen LogP contribution in [-0.2, 0) is 14.9 Å². The van der Waals surface area contributed by atoms with Gasteiger partial charge in [-0.25, -0.2) is 0 Å². The van der Waals surface area contributed by atoms with E-state index < -0.39 is 5.41 Å². The molecular formula is C23H27N3O3. The number of carbonyl (C=O) groups excluding carboxylic acids is 1. The lowest BCUT2D eigenvalue weighted by atomic mass is 9.79. The van der Waals surface area contributed by atoms with E-state index in [1.54, 1.807) is 7.11 Å². The summed E-state index contributed by atoms with van der Waals surface area (Å²) in [5, 5.41) is 3.04. The minimum absolute atomic E-state index is 0.0854. The molecule has 2 fully saturated rings. The Labute approximate surface area is 171 Å². The number of benzene rings is 2. The summed E-state index contributed by atoms with van der Waals surface area (Å²) in [6.07, 6.45) is 0.840. The molecule has 0 aromatic heterocycles. The molecule has 1 spiro atoms. The summed E-state index contributed by atoms with van der Waals surface area (Å²) in [6, 6.07) is 16.2. The lowest BCUT2D eigenvalue weighted by Gasteiger charge is -2.37. The first kappa shape index (κ1) is 18.5. The van der Waals surface area contributed by atoms with Crippen LogP contribution in [0.1, 0.15) is 12.0 Å². The number of piperazine rings is 1. The van der Waals surface area contributed by atoms with E-state index in [0.29, 0.717) is 6.61 Å². The summed E-state index contributed by atoms with van der Waals surface area (Å²) in [4.78, 5) is 17.6. The molecule has 6 heteroatoms. The monoisotopic (exact) mass is 393 g/mol. The van der Waals surface area contributed by atoms with Crippen molar-refractivity contribution < 1.29 is 14.3 Å². The molecule has 0 saturated carbocycles.